The van der Waals surface area contributed by atoms with Crippen LogP contribution >= 0.6 is 11.3 Å². The Bertz CT molecular complexity index is 482. The van der Waals surface area contributed by atoms with Gasteiger partial charge in [-0.2, -0.15) is 0 Å². The maximum absolute atomic E-state index is 12.0. The summed E-state index contributed by atoms with van der Waals surface area (Å²) in [5, 5.41) is 5.15. The van der Waals surface area contributed by atoms with Crippen LogP contribution in [0.1, 0.15) is 27.2 Å². The van der Waals surface area contributed by atoms with Crippen LogP contribution in [-0.4, -0.2) is 40.6 Å². The van der Waals surface area contributed by atoms with Gasteiger partial charge in [0.05, 0.1) is 5.92 Å². The van der Waals surface area contributed by atoms with E-state index in [1.807, 2.05) is 20.8 Å². The van der Waals surface area contributed by atoms with Gasteiger partial charge in [0.15, 0.2) is 5.13 Å². The highest BCUT2D eigenvalue weighted by atomic mass is 32.1. The lowest BCUT2D eigenvalue weighted by atomic mass is 10.1. The molecule has 1 aromatic heterocycles. The Morgan fingerprint density at radius 1 is 1.50 bits per heavy atom. The summed E-state index contributed by atoms with van der Waals surface area (Å²) in [7, 11) is 0. The number of carbonyl (C=O) groups excluding carboxylic acids is 2. The molecule has 1 N–H and O–H groups in total. The summed E-state index contributed by atoms with van der Waals surface area (Å²) in [5.41, 5.74) is -0.516. The molecule has 0 radical (unpaired) electrons. The minimum atomic E-state index is -0.516. The van der Waals surface area contributed by atoms with Crippen molar-refractivity contribution in [3.05, 3.63) is 11.6 Å². The van der Waals surface area contributed by atoms with E-state index >= 15 is 0 Å². The third-order valence-corrected chi connectivity index (χ3v) is 3.56. The van der Waals surface area contributed by atoms with Crippen molar-refractivity contribution in [1.29, 1.82) is 0 Å². The van der Waals surface area contributed by atoms with Gasteiger partial charge in [0.25, 0.3) is 0 Å². The number of thiazole rings is 1. The van der Waals surface area contributed by atoms with Gasteiger partial charge in [-0.3, -0.25) is 4.79 Å². The van der Waals surface area contributed by atoms with Crippen LogP contribution in [0, 0.1) is 5.92 Å². The van der Waals surface area contributed by atoms with Crippen LogP contribution in [0.15, 0.2) is 11.6 Å². The SMILES string of the molecule is CC(C)(C)OC(=O)N1CCC(C(=O)Nc2nccs2)C1. The highest BCUT2D eigenvalue weighted by molar-refractivity contribution is 7.13. The molecule has 0 spiro atoms. The van der Waals surface area contributed by atoms with Gasteiger partial charge in [0.2, 0.25) is 5.91 Å². The van der Waals surface area contributed by atoms with Gasteiger partial charge in [-0.25, -0.2) is 9.78 Å². The zero-order chi connectivity index (χ0) is 14.8. The first-order chi connectivity index (χ1) is 9.35. The van der Waals surface area contributed by atoms with Crippen LogP contribution in [-0.2, 0) is 9.53 Å². The van der Waals surface area contributed by atoms with Crippen LogP contribution in [0.2, 0.25) is 0 Å². The van der Waals surface area contributed by atoms with E-state index in [-0.39, 0.29) is 17.9 Å². The summed E-state index contributed by atoms with van der Waals surface area (Å²) < 4.78 is 5.30. The zero-order valence-corrected chi connectivity index (χ0v) is 12.7. The number of hydrogen-bond donors (Lipinski definition) is 1. The summed E-state index contributed by atoms with van der Waals surface area (Å²) in [6.45, 7) is 6.42. The molecule has 0 aromatic carbocycles. The van der Waals surface area contributed by atoms with E-state index in [0.717, 1.165) is 0 Å². The predicted octanol–water partition coefficient (Wildman–Crippen LogP) is 2.34. The van der Waals surface area contributed by atoms with Gasteiger partial charge in [0.1, 0.15) is 5.60 Å². The minimum Gasteiger partial charge on any atom is -0.444 e. The molecule has 0 bridgehead atoms. The molecule has 6 nitrogen and oxygen atoms in total. The van der Waals surface area contributed by atoms with Gasteiger partial charge >= 0.3 is 6.09 Å². The van der Waals surface area contributed by atoms with Crippen molar-refractivity contribution >= 4 is 28.5 Å². The van der Waals surface area contributed by atoms with E-state index in [9.17, 15) is 9.59 Å². The van der Waals surface area contributed by atoms with Crippen LogP contribution in [0.3, 0.4) is 0 Å². The lowest BCUT2D eigenvalue weighted by molar-refractivity contribution is -0.119. The number of carbonyl (C=O) groups is 2. The van der Waals surface area contributed by atoms with Gasteiger partial charge in [-0.05, 0) is 27.2 Å². The predicted molar refractivity (Wildman–Crippen MR) is 76.7 cm³/mol. The largest absolute Gasteiger partial charge is 0.444 e. The number of anilines is 1. The van der Waals surface area contributed by atoms with E-state index in [2.05, 4.69) is 10.3 Å². The Balaban J connectivity index is 1.85. The van der Waals surface area contributed by atoms with Crippen molar-refractivity contribution in [2.75, 3.05) is 18.4 Å². The summed E-state index contributed by atoms with van der Waals surface area (Å²) in [4.78, 5) is 29.5. The second-order valence-corrected chi connectivity index (χ2v) is 6.63. The Morgan fingerprint density at radius 3 is 2.85 bits per heavy atom. The molecule has 1 aromatic rings. The molecule has 110 valence electrons. The van der Waals surface area contributed by atoms with E-state index in [4.69, 9.17) is 4.74 Å². The average molecular weight is 297 g/mol. The zero-order valence-electron chi connectivity index (χ0n) is 11.9. The van der Waals surface area contributed by atoms with E-state index in [1.165, 1.54) is 11.3 Å². The van der Waals surface area contributed by atoms with Crippen molar-refractivity contribution in [2.45, 2.75) is 32.8 Å². The van der Waals surface area contributed by atoms with Crippen LogP contribution < -0.4 is 5.32 Å². The lowest BCUT2D eigenvalue weighted by Gasteiger charge is -2.24. The number of ether oxygens (including phenoxy) is 1. The molecule has 0 aliphatic carbocycles. The first kappa shape index (κ1) is 14.8. The molecule has 7 heteroatoms. The number of nitrogens with one attached hydrogen (secondary N) is 1. The van der Waals surface area contributed by atoms with Crippen molar-refractivity contribution in [1.82, 2.24) is 9.88 Å². The second kappa shape index (κ2) is 5.78. The van der Waals surface area contributed by atoms with E-state index in [0.29, 0.717) is 24.6 Å². The summed E-state index contributed by atoms with van der Waals surface area (Å²) >= 11 is 1.38. The number of aromatic nitrogens is 1. The highest BCUT2D eigenvalue weighted by Gasteiger charge is 2.33. The topological polar surface area (TPSA) is 71.5 Å². The molecule has 1 saturated heterocycles. The second-order valence-electron chi connectivity index (χ2n) is 5.74. The monoisotopic (exact) mass is 297 g/mol. The summed E-state index contributed by atoms with van der Waals surface area (Å²) in [6.07, 6.45) is 1.93. The fraction of sp³-hybridized carbons (Fsp3) is 0.615. The van der Waals surface area contributed by atoms with Crippen molar-refractivity contribution < 1.29 is 14.3 Å². The average Bonchev–Trinajstić information content (AvgIpc) is 2.96. The molecule has 0 saturated carbocycles. The standard InChI is InChI=1S/C13H19N3O3S/c1-13(2,3)19-12(18)16-6-4-9(8-16)10(17)15-11-14-5-7-20-11/h5,7,9H,4,6,8H2,1-3H3,(H,14,15,17). The molecule has 2 amide bonds. The normalized spacial score (nSPS) is 18.9. The molecule has 2 rings (SSSR count). The van der Waals surface area contributed by atoms with Crippen LogP contribution in [0.5, 0.6) is 0 Å². The Morgan fingerprint density at radius 2 is 2.25 bits per heavy atom. The van der Waals surface area contributed by atoms with Gasteiger partial charge in [-0.1, -0.05) is 0 Å². The number of likely N-dealkylation sites (tertiary alicyclic amines) is 1. The Kier molecular flexibility index (Phi) is 4.27. The Hall–Kier alpha value is -1.63. The number of amides is 2. The van der Waals surface area contributed by atoms with Crippen molar-refractivity contribution in [2.24, 2.45) is 5.92 Å². The first-order valence-electron chi connectivity index (χ1n) is 6.53. The molecule has 2 heterocycles. The first-order valence-corrected chi connectivity index (χ1v) is 7.41. The quantitative estimate of drug-likeness (QED) is 0.909. The van der Waals surface area contributed by atoms with Crippen molar-refractivity contribution in [3.63, 3.8) is 0 Å². The smallest absolute Gasteiger partial charge is 0.410 e. The van der Waals surface area contributed by atoms with Gasteiger partial charge in [0, 0.05) is 24.7 Å². The van der Waals surface area contributed by atoms with E-state index in [1.54, 1.807) is 16.5 Å². The maximum atomic E-state index is 12.0. The fourth-order valence-corrected chi connectivity index (χ4v) is 2.49. The number of hydrogen-bond acceptors (Lipinski definition) is 5. The molecular formula is C13H19N3O3S. The molecular weight excluding hydrogens is 278 g/mol. The number of rotatable bonds is 2. The summed E-state index contributed by atoms with van der Waals surface area (Å²) in [5.74, 6) is -0.294. The number of nitrogens with zero attached hydrogens (tertiary/aromatic N) is 2. The van der Waals surface area contributed by atoms with Crippen LogP contribution in [0.4, 0.5) is 9.93 Å². The minimum absolute atomic E-state index is 0.0917. The molecule has 1 unspecified atom stereocenters. The van der Waals surface area contributed by atoms with E-state index < -0.39 is 5.60 Å². The van der Waals surface area contributed by atoms with Crippen LogP contribution in [0.25, 0.3) is 0 Å². The fourth-order valence-electron chi connectivity index (χ4n) is 1.96. The maximum Gasteiger partial charge on any atom is 0.410 e. The third-order valence-electron chi connectivity index (χ3n) is 2.87. The molecule has 1 fully saturated rings. The third kappa shape index (κ3) is 3.93. The highest BCUT2D eigenvalue weighted by Crippen LogP contribution is 2.21. The lowest BCUT2D eigenvalue weighted by Crippen LogP contribution is -2.36. The van der Waals surface area contributed by atoms with Crippen molar-refractivity contribution in [3.8, 4) is 0 Å². The summed E-state index contributed by atoms with van der Waals surface area (Å²) in [6, 6.07) is 0. The molecule has 1 aliphatic heterocycles. The molecule has 1 aliphatic rings. The van der Waals surface area contributed by atoms with Gasteiger partial charge < -0.3 is 15.0 Å². The van der Waals surface area contributed by atoms with Gasteiger partial charge in [-0.15, -0.1) is 11.3 Å². The molecule has 1 atom stereocenters. The molecule has 20 heavy (non-hydrogen) atoms. The Labute approximate surface area is 122 Å².